The van der Waals surface area contributed by atoms with Gasteiger partial charge in [-0.2, -0.15) is 0 Å². The number of thiocarbonyl (C=S) groups is 1. The van der Waals surface area contributed by atoms with Gasteiger partial charge < -0.3 is 9.26 Å². The Kier molecular flexibility index (Phi) is 4.00. The van der Waals surface area contributed by atoms with Gasteiger partial charge in [0, 0.05) is 22.1 Å². The van der Waals surface area contributed by atoms with Crippen molar-refractivity contribution < 1.29 is 9.26 Å². The van der Waals surface area contributed by atoms with E-state index in [2.05, 4.69) is 5.16 Å². The number of aromatic nitrogens is 1. The third-order valence-corrected chi connectivity index (χ3v) is 4.51. The summed E-state index contributed by atoms with van der Waals surface area (Å²) in [5.41, 5.74) is 2.68. The molecule has 1 aliphatic rings. The van der Waals surface area contributed by atoms with Crippen molar-refractivity contribution >= 4 is 28.7 Å². The van der Waals surface area contributed by atoms with Gasteiger partial charge in [-0.15, -0.1) is 0 Å². The lowest BCUT2D eigenvalue weighted by molar-refractivity contribution is 0.337. The molecule has 2 aromatic rings. The van der Waals surface area contributed by atoms with Crippen LogP contribution in [-0.2, 0) is 0 Å². The molecule has 3 rings (SSSR count). The Bertz CT molecular complexity index is 692. The maximum absolute atomic E-state index is 6.19. The summed E-state index contributed by atoms with van der Waals surface area (Å²) >= 11 is 11.8. The van der Waals surface area contributed by atoms with E-state index in [9.17, 15) is 0 Å². The number of halogens is 1. The first-order valence-corrected chi connectivity index (χ1v) is 7.83. The molecular formula is C16H16ClNO2S. The molecule has 0 amide bonds. The first kappa shape index (κ1) is 14.5. The highest BCUT2D eigenvalue weighted by Gasteiger charge is 2.32. The van der Waals surface area contributed by atoms with E-state index in [4.69, 9.17) is 33.1 Å². The van der Waals surface area contributed by atoms with Crippen LogP contribution in [0.4, 0.5) is 0 Å². The van der Waals surface area contributed by atoms with Crippen LogP contribution in [0.15, 0.2) is 22.9 Å². The number of hydrogen-bond donors (Lipinski definition) is 0. The third kappa shape index (κ3) is 2.70. The Morgan fingerprint density at radius 2 is 2.19 bits per heavy atom. The van der Waals surface area contributed by atoms with E-state index in [1.165, 1.54) is 0 Å². The van der Waals surface area contributed by atoms with Gasteiger partial charge in [0.05, 0.1) is 23.2 Å². The molecule has 0 N–H and O–H groups in total. The summed E-state index contributed by atoms with van der Waals surface area (Å²) in [6.07, 6.45) is 3.99. The molecule has 1 aromatic carbocycles. The fourth-order valence-electron chi connectivity index (χ4n) is 2.38. The van der Waals surface area contributed by atoms with Gasteiger partial charge in [-0.3, -0.25) is 0 Å². The highest BCUT2D eigenvalue weighted by atomic mass is 35.5. The minimum absolute atomic E-state index is 0.462. The minimum atomic E-state index is 0.462. The van der Waals surface area contributed by atoms with Crippen molar-refractivity contribution in [3.63, 3.8) is 0 Å². The Morgan fingerprint density at radius 1 is 1.43 bits per heavy atom. The van der Waals surface area contributed by atoms with Crippen LogP contribution >= 0.6 is 23.8 Å². The predicted molar refractivity (Wildman–Crippen MR) is 86.6 cm³/mol. The van der Waals surface area contributed by atoms with E-state index < -0.39 is 0 Å². The highest BCUT2D eigenvalue weighted by Crippen LogP contribution is 2.43. The van der Waals surface area contributed by atoms with E-state index in [1.54, 1.807) is 6.20 Å². The molecule has 110 valence electrons. The fraction of sp³-hybridized carbons (Fsp3) is 0.375. The summed E-state index contributed by atoms with van der Waals surface area (Å²) in [6, 6.07) is 3.76. The molecule has 0 spiro atoms. The van der Waals surface area contributed by atoms with Crippen LogP contribution in [0.1, 0.15) is 48.1 Å². The first-order valence-electron chi connectivity index (χ1n) is 7.04. The van der Waals surface area contributed by atoms with Crippen molar-refractivity contribution in [2.24, 2.45) is 0 Å². The van der Waals surface area contributed by atoms with Crippen LogP contribution < -0.4 is 4.74 Å². The van der Waals surface area contributed by atoms with E-state index in [-0.39, 0.29) is 0 Å². The zero-order valence-electron chi connectivity index (χ0n) is 12.0. The standard InChI is InChI=1S/C16H16ClNO2S/c1-3-19-14-9(2)13(17)7-6-11(14)16(21)12-8-18-20-15(12)10-4-5-10/h6-8,10H,3-5H2,1-2H3. The normalized spacial score (nSPS) is 14.2. The van der Waals surface area contributed by atoms with E-state index >= 15 is 0 Å². The van der Waals surface area contributed by atoms with Gasteiger partial charge in [-0.1, -0.05) is 29.0 Å². The maximum Gasteiger partial charge on any atom is 0.148 e. The molecule has 0 unspecified atom stereocenters. The fourth-order valence-corrected chi connectivity index (χ4v) is 2.84. The van der Waals surface area contributed by atoms with Crippen LogP contribution in [0.25, 0.3) is 0 Å². The van der Waals surface area contributed by atoms with Crippen LogP contribution in [0, 0.1) is 6.92 Å². The summed E-state index contributed by atoms with van der Waals surface area (Å²) in [5.74, 6) is 2.11. The van der Waals surface area contributed by atoms with Crippen LogP contribution in [0.2, 0.25) is 5.02 Å². The van der Waals surface area contributed by atoms with E-state index in [0.717, 1.165) is 41.0 Å². The number of ether oxygens (including phenoxy) is 1. The summed E-state index contributed by atoms with van der Waals surface area (Å²) < 4.78 is 11.1. The minimum Gasteiger partial charge on any atom is -0.493 e. The molecule has 3 nitrogen and oxygen atoms in total. The van der Waals surface area contributed by atoms with Gasteiger partial charge in [0.25, 0.3) is 0 Å². The van der Waals surface area contributed by atoms with Crippen LogP contribution in [0.3, 0.4) is 0 Å². The quantitative estimate of drug-likeness (QED) is 0.591. The van der Waals surface area contributed by atoms with Gasteiger partial charge in [-0.25, -0.2) is 0 Å². The Morgan fingerprint density at radius 3 is 2.86 bits per heavy atom. The maximum atomic E-state index is 6.19. The zero-order chi connectivity index (χ0) is 15.0. The van der Waals surface area contributed by atoms with E-state index in [0.29, 0.717) is 22.4 Å². The molecule has 0 atom stereocenters. The summed E-state index contributed by atoms with van der Waals surface area (Å²) in [4.78, 5) is 0.710. The van der Waals surface area contributed by atoms with Crippen LogP contribution in [0.5, 0.6) is 5.75 Å². The number of nitrogens with zero attached hydrogens (tertiary/aromatic N) is 1. The van der Waals surface area contributed by atoms with Gasteiger partial charge in [0.2, 0.25) is 0 Å². The first-order chi connectivity index (χ1) is 10.1. The van der Waals surface area contributed by atoms with Crippen molar-refractivity contribution in [1.82, 2.24) is 5.16 Å². The lowest BCUT2D eigenvalue weighted by Crippen LogP contribution is -2.07. The van der Waals surface area contributed by atoms with Gasteiger partial charge in [0.1, 0.15) is 11.5 Å². The second kappa shape index (κ2) is 5.78. The molecule has 1 saturated carbocycles. The molecule has 1 heterocycles. The smallest absolute Gasteiger partial charge is 0.148 e. The molecule has 0 aliphatic heterocycles. The molecule has 1 aromatic heterocycles. The molecule has 1 aliphatic carbocycles. The number of rotatable bonds is 5. The lowest BCUT2D eigenvalue weighted by atomic mass is 10.0. The van der Waals surface area contributed by atoms with Crippen molar-refractivity contribution in [2.75, 3.05) is 6.61 Å². The van der Waals surface area contributed by atoms with Crippen molar-refractivity contribution in [3.8, 4) is 5.75 Å². The van der Waals surface area contributed by atoms with Crippen molar-refractivity contribution in [1.29, 1.82) is 0 Å². The SMILES string of the molecule is CCOc1c(C(=S)c2cnoc2C2CC2)ccc(Cl)c1C. The number of hydrogen-bond acceptors (Lipinski definition) is 4. The molecule has 1 fully saturated rings. The summed E-state index contributed by atoms with van der Waals surface area (Å²) in [5, 5.41) is 4.59. The Balaban J connectivity index is 2.05. The molecule has 5 heteroatoms. The van der Waals surface area contributed by atoms with Crippen molar-refractivity contribution in [3.05, 3.63) is 45.8 Å². The zero-order valence-corrected chi connectivity index (χ0v) is 13.6. The molecule has 0 radical (unpaired) electrons. The van der Waals surface area contributed by atoms with Crippen molar-refractivity contribution in [2.45, 2.75) is 32.6 Å². The second-order valence-electron chi connectivity index (χ2n) is 5.19. The largest absolute Gasteiger partial charge is 0.493 e. The third-order valence-electron chi connectivity index (χ3n) is 3.66. The molecule has 0 bridgehead atoms. The second-order valence-corrected chi connectivity index (χ2v) is 6.00. The van der Waals surface area contributed by atoms with Gasteiger partial charge in [-0.05, 0) is 38.8 Å². The van der Waals surface area contributed by atoms with E-state index in [1.807, 2.05) is 26.0 Å². The summed E-state index contributed by atoms with van der Waals surface area (Å²) in [7, 11) is 0. The highest BCUT2D eigenvalue weighted by molar-refractivity contribution is 7.81. The lowest BCUT2D eigenvalue weighted by Gasteiger charge is -2.14. The predicted octanol–water partition coefficient (Wildman–Crippen LogP) is 4.68. The number of benzene rings is 1. The average Bonchev–Trinajstić information content (AvgIpc) is 3.21. The van der Waals surface area contributed by atoms with Gasteiger partial charge >= 0.3 is 0 Å². The van der Waals surface area contributed by atoms with Crippen LogP contribution in [-0.4, -0.2) is 16.6 Å². The molecular weight excluding hydrogens is 306 g/mol. The Hall–Kier alpha value is -1.39. The molecule has 21 heavy (non-hydrogen) atoms. The molecule has 0 saturated heterocycles. The monoisotopic (exact) mass is 321 g/mol. The summed E-state index contributed by atoms with van der Waals surface area (Å²) in [6.45, 7) is 4.45. The average molecular weight is 322 g/mol. The topological polar surface area (TPSA) is 35.3 Å². The van der Waals surface area contributed by atoms with Gasteiger partial charge in [0.15, 0.2) is 0 Å². The Labute approximate surface area is 134 Å².